The molecule has 0 aromatic carbocycles. The average molecular weight is 166 g/mol. The van der Waals surface area contributed by atoms with E-state index in [0.29, 0.717) is 6.04 Å². The van der Waals surface area contributed by atoms with Gasteiger partial charge in [0.05, 0.1) is 6.04 Å². The van der Waals surface area contributed by atoms with Crippen LogP contribution < -0.4 is 10.2 Å². The quantitative estimate of drug-likeness (QED) is 0.662. The lowest BCUT2D eigenvalue weighted by Gasteiger charge is -2.36. The van der Waals surface area contributed by atoms with E-state index in [0.717, 1.165) is 19.0 Å². The Morgan fingerprint density at radius 3 is 2.83 bits per heavy atom. The third kappa shape index (κ3) is 1.08. The monoisotopic (exact) mass is 166 g/mol. The van der Waals surface area contributed by atoms with Crippen molar-refractivity contribution in [3.63, 3.8) is 0 Å². The highest BCUT2D eigenvalue weighted by atomic mass is 15.3. The van der Waals surface area contributed by atoms with E-state index in [1.54, 1.807) is 0 Å². The predicted molar refractivity (Wildman–Crippen MR) is 48.3 cm³/mol. The first-order valence-electron chi connectivity index (χ1n) is 4.20. The first-order valence-corrected chi connectivity index (χ1v) is 4.20. The largest absolute Gasteiger partial charge is 0.340 e. The van der Waals surface area contributed by atoms with Crippen molar-refractivity contribution >= 4 is 5.95 Å². The first kappa shape index (κ1) is 7.61. The number of rotatable bonds is 2. The van der Waals surface area contributed by atoms with Crippen molar-refractivity contribution < 1.29 is 0 Å². The minimum Gasteiger partial charge on any atom is -0.340 e. The van der Waals surface area contributed by atoms with E-state index in [9.17, 15) is 0 Å². The SMILES string of the molecule is CN(c1nccn1C)C1CNC1. The molecule has 0 spiro atoms. The standard InChI is InChI=1S/C8H14N4/c1-11-4-3-10-8(11)12(2)7-5-9-6-7/h3-4,7,9H,5-6H2,1-2H3. The molecule has 2 heterocycles. The number of likely N-dealkylation sites (N-methyl/N-ethyl adjacent to an activating group) is 1. The van der Waals surface area contributed by atoms with Crippen LogP contribution in [0.15, 0.2) is 12.4 Å². The zero-order valence-electron chi connectivity index (χ0n) is 7.49. The molecule has 4 nitrogen and oxygen atoms in total. The summed E-state index contributed by atoms with van der Waals surface area (Å²) >= 11 is 0. The summed E-state index contributed by atoms with van der Waals surface area (Å²) in [4.78, 5) is 6.50. The van der Waals surface area contributed by atoms with E-state index < -0.39 is 0 Å². The van der Waals surface area contributed by atoms with E-state index in [1.807, 2.05) is 24.0 Å². The summed E-state index contributed by atoms with van der Waals surface area (Å²) in [6.07, 6.45) is 3.80. The average Bonchev–Trinajstić information content (AvgIpc) is 2.31. The Labute approximate surface area is 72.2 Å². The zero-order chi connectivity index (χ0) is 8.55. The van der Waals surface area contributed by atoms with Crippen molar-refractivity contribution in [1.82, 2.24) is 14.9 Å². The molecule has 1 aromatic heterocycles. The fourth-order valence-electron chi connectivity index (χ4n) is 1.41. The highest BCUT2D eigenvalue weighted by molar-refractivity contribution is 5.32. The van der Waals surface area contributed by atoms with Crippen molar-refractivity contribution in [2.75, 3.05) is 25.0 Å². The van der Waals surface area contributed by atoms with Crippen molar-refractivity contribution in [3.05, 3.63) is 12.4 Å². The molecule has 0 radical (unpaired) electrons. The fourth-order valence-corrected chi connectivity index (χ4v) is 1.41. The number of nitrogens with zero attached hydrogens (tertiary/aromatic N) is 3. The molecule has 1 fully saturated rings. The Bertz CT molecular complexity index is 264. The Kier molecular flexibility index (Phi) is 1.77. The highest BCUT2D eigenvalue weighted by Crippen LogP contribution is 2.12. The summed E-state index contributed by atoms with van der Waals surface area (Å²) in [5.41, 5.74) is 0. The lowest BCUT2D eigenvalue weighted by molar-refractivity contribution is 0.422. The van der Waals surface area contributed by atoms with Gasteiger partial charge in [0.15, 0.2) is 0 Å². The van der Waals surface area contributed by atoms with Gasteiger partial charge in [-0.1, -0.05) is 0 Å². The van der Waals surface area contributed by atoms with Gasteiger partial charge in [-0.05, 0) is 0 Å². The second kappa shape index (κ2) is 2.79. The van der Waals surface area contributed by atoms with Crippen LogP contribution in [-0.2, 0) is 7.05 Å². The molecule has 0 amide bonds. The van der Waals surface area contributed by atoms with Crippen molar-refractivity contribution in [2.24, 2.45) is 7.05 Å². The number of nitrogens with one attached hydrogen (secondary N) is 1. The van der Waals surface area contributed by atoms with Gasteiger partial charge >= 0.3 is 0 Å². The molecule has 2 rings (SSSR count). The molecule has 1 saturated heterocycles. The Morgan fingerprint density at radius 1 is 1.67 bits per heavy atom. The summed E-state index contributed by atoms with van der Waals surface area (Å²) in [5, 5.41) is 3.24. The van der Waals surface area contributed by atoms with Crippen LogP contribution in [0.5, 0.6) is 0 Å². The summed E-state index contributed by atoms with van der Waals surface area (Å²) in [6, 6.07) is 0.617. The maximum Gasteiger partial charge on any atom is 0.205 e. The van der Waals surface area contributed by atoms with Gasteiger partial charge in [0.2, 0.25) is 5.95 Å². The first-order chi connectivity index (χ1) is 5.79. The fraction of sp³-hybridized carbons (Fsp3) is 0.625. The Balaban J connectivity index is 2.13. The van der Waals surface area contributed by atoms with Gasteiger partial charge in [-0.2, -0.15) is 0 Å². The normalized spacial score (nSPS) is 17.5. The number of hydrogen-bond donors (Lipinski definition) is 1. The highest BCUT2D eigenvalue weighted by Gasteiger charge is 2.23. The molecule has 66 valence electrons. The van der Waals surface area contributed by atoms with Crippen LogP contribution in [0.25, 0.3) is 0 Å². The lowest BCUT2D eigenvalue weighted by atomic mass is 10.1. The van der Waals surface area contributed by atoms with Gasteiger partial charge < -0.3 is 14.8 Å². The number of imidazole rings is 1. The van der Waals surface area contributed by atoms with Gasteiger partial charge in [0.25, 0.3) is 0 Å². The van der Waals surface area contributed by atoms with Gasteiger partial charge in [-0.3, -0.25) is 0 Å². The van der Waals surface area contributed by atoms with Crippen LogP contribution in [0.3, 0.4) is 0 Å². The zero-order valence-corrected chi connectivity index (χ0v) is 7.49. The topological polar surface area (TPSA) is 33.1 Å². The van der Waals surface area contributed by atoms with Crippen molar-refractivity contribution in [3.8, 4) is 0 Å². The molecule has 0 atom stereocenters. The molecular weight excluding hydrogens is 152 g/mol. The van der Waals surface area contributed by atoms with Gasteiger partial charge in [0.1, 0.15) is 0 Å². The summed E-state index contributed by atoms with van der Waals surface area (Å²) in [5.74, 6) is 1.04. The second-order valence-corrected chi connectivity index (χ2v) is 3.26. The molecule has 1 N–H and O–H groups in total. The third-order valence-electron chi connectivity index (χ3n) is 2.42. The van der Waals surface area contributed by atoms with E-state index in [4.69, 9.17) is 0 Å². The molecule has 0 aliphatic carbocycles. The van der Waals surface area contributed by atoms with Crippen molar-refractivity contribution in [1.29, 1.82) is 0 Å². The number of aromatic nitrogens is 2. The van der Waals surface area contributed by atoms with Gasteiger partial charge in [0, 0.05) is 39.6 Å². The minimum absolute atomic E-state index is 0.617. The second-order valence-electron chi connectivity index (χ2n) is 3.26. The molecule has 4 heteroatoms. The summed E-state index contributed by atoms with van der Waals surface area (Å²) < 4.78 is 2.04. The lowest BCUT2D eigenvalue weighted by Crippen LogP contribution is -2.56. The van der Waals surface area contributed by atoms with E-state index in [1.165, 1.54) is 0 Å². The van der Waals surface area contributed by atoms with Crippen molar-refractivity contribution in [2.45, 2.75) is 6.04 Å². The molecule has 0 unspecified atom stereocenters. The number of aryl methyl sites for hydroxylation is 1. The van der Waals surface area contributed by atoms with E-state index in [-0.39, 0.29) is 0 Å². The van der Waals surface area contributed by atoms with Crippen LogP contribution in [0.2, 0.25) is 0 Å². The van der Waals surface area contributed by atoms with Crippen LogP contribution >= 0.6 is 0 Å². The third-order valence-corrected chi connectivity index (χ3v) is 2.42. The summed E-state index contributed by atoms with van der Waals surface area (Å²) in [7, 11) is 4.11. The van der Waals surface area contributed by atoms with Crippen LogP contribution in [0.4, 0.5) is 5.95 Å². The van der Waals surface area contributed by atoms with Crippen LogP contribution in [0, 0.1) is 0 Å². The van der Waals surface area contributed by atoms with E-state index >= 15 is 0 Å². The minimum atomic E-state index is 0.617. The Hall–Kier alpha value is -1.03. The number of hydrogen-bond acceptors (Lipinski definition) is 3. The van der Waals surface area contributed by atoms with Crippen LogP contribution in [0.1, 0.15) is 0 Å². The van der Waals surface area contributed by atoms with Gasteiger partial charge in [-0.25, -0.2) is 4.98 Å². The maximum absolute atomic E-state index is 4.28. The summed E-state index contributed by atoms with van der Waals surface area (Å²) in [6.45, 7) is 2.15. The molecule has 0 bridgehead atoms. The van der Waals surface area contributed by atoms with Gasteiger partial charge in [-0.15, -0.1) is 0 Å². The molecular formula is C8H14N4. The molecule has 12 heavy (non-hydrogen) atoms. The maximum atomic E-state index is 4.28. The molecule has 1 aliphatic rings. The molecule has 1 aromatic rings. The van der Waals surface area contributed by atoms with Crippen LogP contribution in [-0.4, -0.2) is 35.7 Å². The number of anilines is 1. The Morgan fingerprint density at radius 2 is 2.42 bits per heavy atom. The molecule has 1 aliphatic heterocycles. The van der Waals surface area contributed by atoms with E-state index in [2.05, 4.69) is 22.2 Å². The smallest absolute Gasteiger partial charge is 0.205 e. The molecule has 0 saturated carbocycles. The predicted octanol–water partition coefficient (Wildman–Crippen LogP) is -0.172.